The lowest BCUT2D eigenvalue weighted by Crippen LogP contribution is -2.02. The third kappa shape index (κ3) is 2.07. The van der Waals surface area contributed by atoms with Crippen molar-refractivity contribution in [2.45, 2.75) is 55.4 Å². The van der Waals surface area contributed by atoms with Crippen molar-refractivity contribution in [1.82, 2.24) is 4.98 Å². The van der Waals surface area contributed by atoms with E-state index in [1.54, 1.807) is 0 Å². The van der Waals surface area contributed by atoms with E-state index in [2.05, 4.69) is 55.4 Å². The normalized spacial score (nSPS) is 11.5. The second-order valence-electron chi connectivity index (χ2n) is 6.99. The molecular formula is C21H26N2O. The Balaban J connectivity index is 2.42. The minimum atomic E-state index is 0.672. The highest BCUT2D eigenvalue weighted by molar-refractivity contribution is 5.86. The highest BCUT2D eigenvalue weighted by Gasteiger charge is 2.21. The molecule has 2 N–H and O–H groups in total. The van der Waals surface area contributed by atoms with Gasteiger partial charge in [-0.15, -0.1) is 0 Å². The number of fused-ring (bicyclic) bond motifs is 1. The number of rotatable bonds is 1. The first-order valence-corrected chi connectivity index (χ1v) is 8.39. The third-order valence-corrected chi connectivity index (χ3v) is 5.91. The molecule has 1 heterocycles. The van der Waals surface area contributed by atoms with E-state index in [0.29, 0.717) is 5.89 Å². The Kier molecular flexibility index (Phi) is 3.71. The van der Waals surface area contributed by atoms with Crippen LogP contribution in [0, 0.1) is 55.4 Å². The summed E-state index contributed by atoms with van der Waals surface area (Å²) in [6, 6.07) is 0. The lowest BCUT2D eigenvalue weighted by Gasteiger charge is -2.16. The highest BCUT2D eigenvalue weighted by Crippen LogP contribution is 2.38. The van der Waals surface area contributed by atoms with Crippen molar-refractivity contribution in [3.05, 3.63) is 44.5 Å². The Morgan fingerprint density at radius 1 is 0.625 bits per heavy atom. The molecule has 0 aliphatic rings. The number of nitrogens with zero attached hydrogens (tertiary/aromatic N) is 1. The van der Waals surface area contributed by atoms with Crippen LogP contribution in [0.25, 0.3) is 22.6 Å². The maximum absolute atomic E-state index is 6.32. The summed E-state index contributed by atoms with van der Waals surface area (Å²) in [7, 11) is 0. The molecule has 0 amide bonds. The number of nitrogen functional groups attached to an aromatic ring is 1. The van der Waals surface area contributed by atoms with Gasteiger partial charge in [0.25, 0.3) is 0 Å². The Morgan fingerprint density at radius 2 is 1.17 bits per heavy atom. The van der Waals surface area contributed by atoms with E-state index < -0.39 is 0 Å². The molecule has 126 valence electrons. The standard InChI is InChI=1S/C21H26N2O/c1-9-10(2)15(7)20-19(14(9)6)23-21(24-20)17-12(4)11(3)13(5)18(22)16(17)8/h22H2,1-8H3. The highest BCUT2D eigenvalue weighted by atomic mass is 16.3. The van der Waals surface area contributed by atoms with Gasteiger partial charge in [-0.2, -0.15) is 0 Å². The molecule has 0 bridgehead atoms. The maximum Gasteiger partial charge on any atom is 0.227 e. The molecule has 0 atom stereocenters. The van der Waals surface area contributed by atoms with E-state index in [1.807, 2.05) is 0 Å². The first-order valence-electron chi connectivity index (χ1n) is 8.39. The van der Waals surface area contributed by atoms with Gasteiger partial charge in [0.1, 0.15) is 5.52 Å². The fourth-order valence-corrected chi connectivity index (χ4v) is 3.53. The van der Waals surface area contributed by atoms with Gasteiger partial charge in [-0.05, 0) is 99.9 Å². The number of hydrogen-bond donors (Lipinski definition) is 1. The van der Waals surface area contributed by atoms with Crippen molar-refractivity contribution < 1.29 is 4.42 Å². The van der Waals surface area contributed by atoms with Gasteiger partial charge in [-0.3, -0.25) is 0 Å². The van der Waals surface area contributed by atoms with Gasteiger partial charge in [0.05, 0.1) is 0 Å². The zero-order chi connectivity index (χ0) is 17.9. The fourth-order valence-electron chi connectivity index (χ4n) is 3.53. The van der Waals surface area contributed by atoms with Crippen LogP contribution in [0.3, 0.4) is 0 Å². The average Bonchev–Trinajstić information content (AvgIpc) is 2.99. The molecule has 0 saturated heterocycles. The number of benzene rings is 2. The molecule has 0 unspecified atom stereocenters. The van der Waals surface area contributed by atoms with E-state index in [0.717, 1.165) is 33.5 Å². The van der Waals surface area contributed by atoms with Crippen molar-refractivity contribution in [2.24, 2.45) is 0 Å². The Hall–Kier alpha value is -2.29. The average molecular weight is 322 g/mol. The van der Waals surface area contributed by atoms with Crippen LogP contribution in [0.2, 0.25) is 0 Å². The molecule has 3 aromatic rings. The van der Waals surface area contributed by atoms with Crippen LogP contribution < -0.4 is 5.73 Å². The Labute approximate surface area is 143 Å². The summed E-state index contributed by atoms with van der Waals surface area (Å²) in [6.45, 7) is 16.9. The number of aromatic nitrogens is 1. The number of anilines is 1. The van der Waals surface area contributed by atoms with E-state index >= 15 is 0 Å². The monoisotopic (exact) mass is 322 g/mol. The Bertz CT molecular complexity index is 919. The fraction of sp³-hybridized carbons (Fsp3) is 0.381. The minimum absolute atomic E-state index is 0.672. The molecule has 0 aliphatic heterocycles. The minimum Gasteiger partial charge on any atom is -0.436 e. The van der Waals surface area contributed by atoms with Crippen molar-refractivity contribution in [1.29, 1.82) is 0 Å². The van der Waals surface area contributed by atoms with E-state index in [1.165, 1.54) is 33.4 Å². The molecular weight excluding hydrogens is 296 g/mol. The molecule has 2 aromatic carbocycles. The van der Waals surface area contributed by atoms with Gasteiger partial charge in [0.2, 0.25) is 5.89 Å². The summed E-state index contributed by atoms with van der Waals surface area (Å²) < 4.78 is 6.25. The summed E-state index contributed by atoms with van der Waals surface area (Å²) in [5.74, 6) is 0.672. The van der Waals surface area contributed by atoms with Crippen molar-refractivity contribution in [3.8, 4) is 11.5 Å². The number of oxazole rings is 1. The van der Waals surface area contributed by atoms with E-state index in [9.17, 15) is 0 Å². The topological polar surface area (TPSA) is 52.0 Å². The largest absolute Gasteiger partial charge is 0.436 e. The summed E-state index contributed by atoms with van der Waals surface area (Å²) >= 11 is 0. The molecule has 24 heavy (non-hydrogen) atoms. The van der Waals surface area contributed by atoms with Crippen molar-refractivity contribution in [2.75, 3.05) is 5.73 Å². The van der Waals surface area contributed by atoms with Crippen LogP contribution in [0.4, 0.5) is 5.69 Å². The van der Waals surface area contributed by atoms with Crippen LogP contribution in [-0.4, -0.2) is 4.98 Å². The SMILES string of the molecule is Cc1c(C)c(N)c(C)c(-c2nc3c(C)c(C)c(C)c(C)c3o2)c1C. The summed E-state index contributed by atoms with van der Waals surface area (Å²) in [4.78, 5) is 4.86. The molecule has 0 aliphatic carbocycles. The number of hydrogen-bond acceptors (Lipinski definition) is 3. The summed E-state index contributed by atoms with van der Waals surface area (Å²) in [5.41, 5.74) is 19.5. The van der Waals surface area contributed by atoms with Crippen LogP contribution in [0.1, 0.15) is 44.5 Å². The summed E-state index contributed by atoms with van der Waals surface area (Å²) in [5, 5.41) is 0. The zero-order valence-electron chi connectivity index (χ0n) is 15.9. The van der Waals surface area contributed by atoms with Gasteiger partial charge in [-0.1, -0.05) is 0 Å². The lowest BCUT2D eigenvalue weighted by atomic mass is 9.92. The molecule has 1 aromatic heterocycles. The molecule has 3 rings (SSSR count). The predicted molar refractivity (Wildman–Crippen MR) is 102 cm³/mol. The van der Waals surface area contributed by atoms with Gasteiger partial charge in [0.15, 0.2) is 5.58 Å². The van der Waals surface area contributed by atoms with Gasteiger partial charge < -0.3 is 10.2 Å². The molecule has 0 fully saturated rings. The van der Waals surface area contributed by atoms with E-state index in [4.69, 9.17) is 15.1 Å². The predicted octanol–water partition coefficient (Wildman–Crippen LogP) is 5.54. The Morgan fingerprint density at radius 3 is 1.79 bits per heavy atom. The van der Waals surface area contributed by atoms with Crippen LogP contribution in [0.5, 0.6) is 0 Å². The number of aryl methyl sites for hydroxylation is 2. The van der Waals surface area contributed by atoms with Crippen molar-refractivity contribution in [3.63, 3.8) is 0 Å². The molecule has 0 radical (unpaired) electrons. The molecule has 3 nitrogen and oxygen atoms in total. The molecule has 0 spiro atoms. The first kappa shape index (κ1) is 16.6. The number of nitrogens with two attached hydrogens (primary N) is 1. The van der Waals surface area contributed by atoms with Gasteiger partial charge in [-0.25, -0.2) is 4.98 Å². The maximum atomic E-state index is 6.32. The van der Waals surface area contributed by atoms with Gasteiger partial charge in [0, 0.05) is 11.3 Å². The zero-order valence-corrected chi connectivity index (χ0v) is 15.9. The van der Waals surface area contributed by atoms with Gasteiger partial charge >= 0.3 is 0 Å². The quantitative estimate of drug-likeness (QED) is 0.598. The van der Waals surface area contributed by atoms with Crippen LogP contribution in [-0.2, 0) is 0 Å². The van der Waals surface area contributed by atoms with Crippen LogP contribution in [0.15, 0.2) is 4.42 Å². The van der Waals surface area contributed by atoms with E-state index in [-0.39, 0.29) is 0 Å². The molecule has 0 saturated carbocycles. The first-order chi connectivity index (χ1) is 11.2. The summed E-state index contributed by atoms with van der Waals surface area (Å²) in [6.07, 6.45) is 0. The third-order valence-electron chi connectivity index (χ3n) is 5.91. The smallest absolute Gasteiger partial charge is 0.227 e. The second kappa shape index (κ2) is 5.37. The van der Waals surface area contributed by atoms with Crippen molar-refractivity contribution >= 4 is 16.8 Å². The molecule has 3 heteroatoms. The lowest BCUT2D eigenvalue weighted by molar-refractivity contribution is 0.615. The second-order valence-corrected chi connectivity index (χ2v) is 6.99. The van der Waals surface area contributed by atoms with Crippen LogP contribution >= 0.6 is 0 Å².